The fourth-order valence-electron chi connectivity index (χ4n) is 2.39. The van der Waals surface area contributed by atoms with Gasteiger partial charge in [-0.15, -0.1) is 0 Å². The van der Waals surface area contributed by atoms with E-state index in [-0.39, 0.29) is 11.9 Å². The third kappa shape index (κ3) is 4.15. The summed E-state index contributed by atoms with van der Waals surface area (Å²) in [7, 11) is 0. The number of hydrogen-bond acceptors (Lipinski definition) is 1. The van der Waals surface area contributed by atoms with Crippen LogP contribution in [0.1, 0.15) is 29.7 Å². The van der Waals surface area contributed by atoms with E-state index < -0.39 is 0 Å². The molecule has 0 amide bonds. The van der Waals surface area contributed by atoms with Crippen LogP contribution < -0.4 is 5.32 Å². The van der Waals surface area contributed by atoms with Gasteiger partial charge in [0.2, 0.25) is 0 Å². The van der Waals surface area contributed by atoms with E-state index in [0.29, 0.717) is 4.47 Å². The quantitative estimate of drug-likeness (QED) is 0.675. The highest BCUT2D eigenvalue weighted by Crippen LogP contribution is 2.30. The van der Waals surface area contributed by atoms with E-state index in [4.69, 9.17) is 0 Å². The van der Waals surface area contributed by atoms with Crippen molar-refractivity contribution in [3.8, 4) is 0 Å². The molecule has 0 aliphatic rings. The molecule has 0 aliphatic heterocycles. The second kappa shape index (κ2) is 7.52. The lowest BCUT2D eigenvalue weighted by Gasteiger charge is -2.21. The molecular weight excluding hydrogens is 397 g/mol. The maximum absolute atomic E-state index is 13.7. The minimum absolute atomic E-state index is 0.141. The van der Waals surface area contributed by atoms with Crippen LogP contribution in [0.2, 0.25) is 0 Å². The predicted octanol–water partition coefficient (Wildman–Crippen LogP) is 5.55. The SMILES string of the molecule is CCNC(Cc1cccc(F)c1Br)c1cc(C)ccc1Br. The summed E-state index contributed by atoms with van der Waals surface area (Å²) in [6, 6.07) is 11.6. The molecule has 0 aliphatic carbocycles. The first-order chi connectivity index (χ1) is 10.0. The molecule has 2 aromatic carbocycles. The van der Waals surface area contributed by atoms with Crippen molar-refractivity contribution in [1.29, 1.82) is 0 Å². The molecule has 21 heavy (non-hydrogen) atoms. The second-order valence-electron chi connectivity index (χ2n) is 5.05. The van der Waals surface area contributed by atoms with Gasteiger partial charge in [-0.2, -0.15) is 0 Å². The van der Waals surface area contributed by atoms with Crippen molar-refractivity contribution < 1.29 is 4.39 Å². The van der Waals surface area contributed by atoms with Gasteiger partial charge in [-0.1, -0.05) is 52.7 Å². The molecule has 1 unspecified atom stereocenters. The van der Waals surface area contributed by atoms with E-state index in [1.54, 1.807) is 6.07 Å². The zero-order chi connectivity index (χ0) is 15.4. The van der Waals surface area contributed by atoms with Crippen LogP contribution in [0.25, 0.3) is 0 Å². The molecular formula is C17H18Br2FN. The van der Waals surface area contributed by atoms with Gasteiger partial charge in [-0.3, -0.25) is 0 Å². The standard InChI is InChI=1S/C17H18Br2FN/c1-3-21-16(13-9-11(2)7-8-14(13)18)10-12-5-4-6-15(20)17(12)19/h4-9,16,21H,3,10H2,1-2H3. The van der Waals surface area contributed by atoms with Crippen LogP contribution in [0.3, 0.4) is 0 Å². The Labute approximate surface area is 142 Å². The summed E-state index contributed by atoms with van der Waals surface area (Å²) in [6.07, 6.45) is 0.730. The van der Waals surface area contributed by atoms with Crippen LogP contribution in [0.5, 0.6) is 0 Å². The summed E-state index contributed by atoms with van der Waals surface area (Å²) < 4.78 is 15.3. The summed E-state index contributed by atoms with van der Waals surface area (Å²) in [5.41, 5.74) is 3.39. The van der Waals surface area contributed by atoms with Crippen molar-refractivity contribution in [1.82, 2.24) is 5.32 Å². The summed E-state index contributed by atoms with van der Waals surface area (Å²) in [6.45, 7) is 5.02. The van der Waals surface area contributed by atoms with Gasteiger partial charge in [-0.25, -0.2) is 4.39 Å². The molecule has 0 radical (unpaired) electrons. The number of hydrogen-bond donors (Lipinski definition) is 1. The number of likely N-dealkylation sites (N-methyl/N-ethyl adjacent to an activating group) is 1. The van der Waals surface area contributed by atoms with Gasteiger partial charge in [0.25, 0.3) is 0 Å². The Morgan fingerprint density at radius 1 is 1.19 bits per heavy atom. The summed E-state index contributed by atoms with van der Waals surface area (Å²) in [5.74, 6) is -0.217. The van der Waals surface area contributed by atoms with Crippen LogP contribution in [0, 0.1) is 12.7 Å². The Morgan fingerprint density at radius 3 is 2.67 bits per heavy atom. The van der Waals surface area contributed by atoms with Crippen LogP contribution in [-0.2, 0) is 6.42 Å². The van der Waals surface area contributed by atoms with Crippen LogP contribution in [-0.4, -0.2) is 6.54 Å². The summed E-state index contributed by atoms with van der Waals surface area (Å²) >= 11 is 6.97. The van der Waals surface area contributed by atoms with Gasteiger partial charge < -0.3 is 5.32 Å². The number of rotatable bonds is 5. The van der Waals surface area contributed by atoms with E-state index >= 15 is 0 Å². The van der Waals surface area contributed by atoms with Crippen molar-refractivity contribution in [3.05, 3.63) is 67.9 Å². The number of halogens is 3. The minimum atomic E-state index is -0.217. The lowest BCUT2D eigenvalue weighted by Crippen LogP contribution is -2.23. The first-order valence-electron chi connectivity index (χ1n) is 6.95. The van der Waals surface area contributed by atoms with Gasteiger partial charge in [0.15, 0.2) is 0 Å². The predicted molar refractivity (Wildman–Crippen MR) is 93.1 cm³/mol. The molecule has 2 aromatic rings. The number of aryl methyl sites for hydroxylation is 1. The highest BCUT2D eigenvalue weighted by atomic mass is 79.9. The molecule has 1 atom stereocenters. The Morgan fingerprint density at radius 2 is 1.95 bits per heavy atom. The Balaban J connectivity index is 2.35. The molecule has 1 N–H and O–H groups in total. The average Bonchev–Trinajstić information content (AvgIpc) is 2.46. The van der Waals surface area contributed by atoms with Gasteiger partial charge in [0, 0.05) is 10.5 Å². The summed E-state index contributed by atoms with van der Waals surface area (Å²) in [4.78, 5) is 0. The molecule has 0 heterocycles. The van der Waals surface area contributed by atoms with Crippen LogP contribution in [0.15, 0.2) is 45.3 Å². The molecule has 0 aromatic heterocycles. The molecule has 4 heteroatoms. The van der Waals surface area contributed by atoms with Crippen LogP contribution in [0.4, 0.5) is 4.39 Å². The largest absolute Gasteiger partial charge is 0.310 e. The fraction of sp³-hybridized carbons (Fsp3) is 0.294. The smallest absolute Gasteiger partial charge is 0.137 e. The molecule has 2 rings (SSSR count). The normalized spacial score (nSPS) is 12.4. The van der Waals surface area contributed by atoms with Crippen molar-refractivity contribution in [2.24, 2.45) is 0 Å². The van der Waals surface area contributed by atoms with Crippen molar-refractivity contribution in [2.45, 2.75) is 26.3 Å². The van der Waals surface area contributed by atoms with Gasteiger partial charge in [-0.05, 0) is 59.1 Å². The maximum atomic E-state index is 13.7. The average molecular weight is 415 g/mol. The molecule has 0 bridgehead atoms. The molecule has 0 fully saturated rings. The molecule has 0 spiro atoms. The van der Waals surface area contributed by atoms with Crippen LogP contribution >= 0.6 is 31.9 Å². The van der Waals surface area contributed by atoms with E-state index in [0.717, 1.165) is 23.0 Å². The lowest BCUT2D eigenvalue weighted by molar-refractivity contribution is 0.542. The third-order valence-electron chi connectivity index (χ3n) is 3.43. The van der Waals surface area contributed by atoms with E-state index in [1.807, 2.05) is 6.07 Å². The zero-order valence-electron chi connectivity index (χ0n) is 12.1. The number of benzene rings is 2. The summed E-state index contributed by atoms with van der Waals surface area (Å²) in [5, 5.41) is 3.49. The number of nitrogens with one attached hydrogen (secondary N) is 1. The second-order valence-corrected chi connectivity index (χ2v) is 6.70. The third-order valence-corrected chi connectivity index (χ3v) is 5.04. The molecule has 1 nitrogen and oxygen atoms in total. The Kier molecular flexibility index (Phi) is 5.97. The Bertz CT molecular complexity index is 628. The molecule has 112 valence electrons. The Hall–Kier alpha value is -0.710. The van der Waals surface area contributed by atoms with E-state index in [1.165, 1.54) is 17.2 Å². The molecule has 0 saturated carbocycles. The van der Waals surface area contributed by atoms with Crippen molar-refractivity contribution >= 4 is 31.9 Å². The van der Waals surface area contributed by atoms with E-state index in [9.17, 15) is 4.39 Å². The van der Waals surface area contributed by atoms with Gasteiger partial charge >= 0.3 is 0 Å². The minimum Gasteiger partial charge on any atom is -0.310 e. The highest BCUT2D eigenvalue weighted by molar-refractivity contribution is 9.10. The first kappa shape index (κ1) is 16.7. The van der Waals surface area contributed by atoms with Gasteiger partial charge in [0.1, 0.15) is 5.82 Å². The van der Waals surface area contributed by atoms with Gasteiger partial charge in [0.05, 0.1) is 4.47 Å². The zero-order valence-corrected chi connectivity index (χ0v) is 15.3. The monoisotopic (exact) mass is 413 g/mol. The highest BCUT2D eigenvalue weighted by Gasteiger charge is 2.17. The fourth-order valence-corrected chi connectivity index (χ4v) is 3.34. The maximum Gasteiger partial charge on any atom is 0.137 e. The van der Waals surface area contributed by atoms with Crippen molar-refractivity contribution in [3.63, 3.8) is 0 Å². The topological polar surface area (TPSA) is 12.0 Å². The lowest BCUT2D eigenvalue weighted by atomic mass is 9.97. The van der Waals surface area contributed by atoms with Crippen molar-refractivity contribution in [2.75, 3.05) is 6.54 Å². The first-order valence-corrected chi connectivity index (χ1v) is 8.53. The van der Waals surface area contributed by atoms with E-state index in [2.05, 4.69) is 69.2 Å². The molecule has 0 saturated heterocycles.